The highest BCUT2D eigenvalue weighted by atomic mass is 16.5. The van der Waals surface area contributed by atoms with Crippen LogP contribution in [0, 0.1) is 5.92 Å². The van der Waals surface area contributed by atoms with Crippen molar-refractivity contribution in [2.75, 3.05) is 30.8 Å². The number of rotatable bonds is 6. The Morgan fingerprint density at radius 1 is 1.50 bits per heavy atom. The first-order valence-corrected chi connectivity index (χ1v) is 7.26. The second kappa shape index (κ2) is 7.28. The third-order valence-electron chi connectivity index (χ3n) is 3.19. The van der Waals surface area contributed by atoms with Crippen LogP contribution in [0.1, 0.15) is 33.1 Å². The molecule has 6 heteroatoms. The van der Waals surface area contributed by atoms with Crippen LogP contribution >= 0.6 is 0 Å². The first kappa shape index (κ1) is 14.8. The maximum Gasteiger partial charge on any atom is 0.225 e. The number of nitrogens with one attached hydrogen (secondary N) is 1. The molecule has 0 aromatic carbocycles. The summed E-state index contributed by atoms with van der Waals surface area (Å²) >= 11 is 0. The van der Waals surface area contributed by atoms with Crippen molar-refractivity contribution in [2.24, 2.45) is 5.92 Å². The van der Waals surface area contributed by atoms with Crippen LogP contribution < -0.4 is 15.8 Å². The predicted octanol–water partition coefficient (Wildman–Crippen LogP) is 2.07. The predicted molar refractivity (Wildman–Crippen MR) is 78.9 cm³/mol. The van der Waals surface area contributed by atoms with Crippen molar-refractivity contribution in [3.63, 3.8) is 0 Å². The molecule has 3 N–H and O–H groups in total. The van der Waals surface area contributed by atoms with E-state index < -0.39 is 0 Å². The minimum atomic E-state index is 0.0662. The van der Waals surface area contributed by atoms with Crippen molar-refractivity contribution in [3.05, 3.63) is 6.07 Å². The fourth-order valence-electron chi connectivity index (χ4n) is 2.27. The zero-order chi connectivity index (χ0) is 14.4. The molecule has 2 heterocycles. The number of hydrogen-bond donors (Lipinski definition) is 2. The van der Waals surface area contributed by atoms with Gasteiger partial charge in [-0.15, -0.1) is 0 Å². The van der Waals surface area contributed by atoms with Gasteiger partial charge >= 0.3 is 0 Å². The van der Waals surface area contributed by atoms with Crippen molar-refractivity contribution < 1.29 is 9.47 Å². The van der Waals surface area contributed by atoms with Gasteiger partial charge in [-0.1, -0.05) is 0 Å². The molecule has 0 amide bonds. The van der Waals surface area contributed by atoms with E-state index in [2.05, 4.69) is 15.3 Å². The Labute approximate surface area is 120 Å². The first-order valence-electron chi connectivity index (χ1n) is 7.26. The van der Waals surface area contributed by atoms with Crippen LogP contribution in [0.25, 0.3) is 0 Å². The van der Waals surface area contributed by atoms with Gasteiger partial charge in [0.1, 0.15) is 5.82 Å². The van der Waals surface area contributed by atoms with Gasteiger partial charge in [-0.2, -0.15) is 9.97 Å². The Bertz CT molecular complexity index is 420. The Kier molecular flexibility index (Phi) is 5.40. The molecule has 1 atom stereocenters. The van der Waals surface area contributed by atoms with E-state index in [0.29, 0.717) is 17.6 Å². The first-order chi connectivity index (χ1) is 9.63. The highest BCUT2D eigenvalue weighted by Gasteiger charge is 2.13. The molecule has 0 aliphatic carbocycles. The number of aromatic nitrogens is 2. The van der Waals surface area contributed by atoms with E-state index in [4.69, 9.17) is 15.2 Å². The van der Waals surface area contributed by atoms with E-state index in [1.54, 1.807) is 6.07 Å². The van der Waals surface area contributed by atoms with Gasteiger partial charge in [-0.3, -0.25) is 0 Å². The molecule has 0 spiro atoms. The minimum Gasteiger partial charge on any atom is -0.475 e. The highest BCUT2D eigenvalue weighted by Crippen LogP contribution is 2.19. The van der Waals surface area contributed by atoms with E-state index in [-0.39, 0.29) is 12.1 Å². The topological polar surface area (TPSA) is 82.3 Å². The standard InChI is InChI=1S/C14H24N4O2/c1-10(2)20-13-8-12(17-14(15)18-13)16-6-5-11-4-3-7-19-9-11/h8,10-11H,3-7,9H2,1-2H3,(H3,15,16,17,18)/t11-/m1/s1. The van der Waals surface area contributed by atoms with Crippen LogP contribution in [0.5, 0.6) is 5.88 Å². The van der Waals surface area contributed by atoms with E-state index in [9.17, 15) is 0 Å². The molecule has 1 aliphatic rings. The van der Waals surface area contributed by atoms with Crippen molar-refractivity contribution in [3.8, 4) is 5.88 Å². The molecule has 1 aromatic rings. The lowest BCUT2D eigenvalue weighted by atomic mass is 9.99. The number of nitrogens with zero attached hydrogens (tertiary/aromatic N) is 2. The fraction of sp³-hybridized carbons (Fsp3) is 0.714. The lowest BCUT2D eigenvalue weighted by Crippen LogP contribution is -2.20. The normalized spacial score (nSPS) is 19.1. The number of nitrogens with two attached hydrogens (primary N) is 1. The molecule has 0 saturated carbocycles. The molecule has 20 heavy (non-hydrogen) atoms. The highest BCUT2D eigenvalue weighted by molar-refractivity contribution is 5.42. The van der Waals surface area contributed by atoms with Crippen molar-refractivity contribution in [2.45, 2.75) is 39.2 Å². The largest absolute Gasteiger partial charge is 0.475 e. The molecule has 6 nitrogen and oxygen atoms in total. The summed E-state index contributed by atoms with van der Waals surface area (Å²) in [7, 11) is 0. The Hall–Kier alpha value is -1.56. The zero-order valence-corrected chi connectivity index (χ0v) is 12.3. The van der Waals surface area contributed by atoms with E-state index in [1.807, 2.05) is 13.8 Å². The van der Waals surface area contributed by atoms with Crippen molar-refractivity contribution in [1.29, 1.82) is 0 Å². The second-order valence-electron chi connectivity index (χ2n) is 5.41. The van der Waals surface area contributed by atoms with E-state index in [0.717, 1.165) is 32.6 Å². The van der Waals surface area contributed by atoms with Crippen molar-refractivity contribution >= 4 is 11.8 Å². The maximum absolute atomic E-state index is 5.69. The summed E-state index contributed by atoms with van der Waals surface area (Å²) in [4.78, 5) is 8.22. The van der Waals surface area contributed by atoms with Crippen LogP contribution in [-0.4, -0.2) is 35.8 Å². The van der Waals surface area contributed by atoms with Crippen LogP contribution in [0.2, 0.25) is 0 Å². The lowest BCUT2D eigenvalue weighted by Gasteiger charge is -2.22. The van der Waals surface area contributed by atoms with Gasteiger partial charge in [-0.25, -0.2) is 0 Å². The molecule has 1 aliphatic heterocycles. The Morgan fingerprint density at radius 3 is 3.05 bits per heavy atom. The molecule has 112 valence electrons. The number of hydrogen-bond acceptors (Lipinski definition) is 6. The summed E-state index contributed by atoms with van der Waals surface area (Å²) in [5.74, 6) is 2.09. The molecule has 0 unspecified atom stereocenters. The summed E-state index contributed by atoms with van der Waals surface area (Å²) in [6, 6.07) is 1.79. The zero-order valence-electron chi connectivity index (χ0n) is 12.3. The number of nitrogen functional groups attached to an aromatic ring is 1. The van der Waals surface area contributed by atoms with Gasteiger partial charge in [0.15, 0.2) is 0 Å². The Balaban J connectivity index is 1.83. The Morgan fingerprint density at radius 2 is 2.35 bits per heavy atom. The maximum atomic E-state index is 5.69. The third-order valence-corrected chi connectivity index (χ3v) is 3.19. The van der Waals surface area contributed by atoms with Gasteiger partial charge < -0.3 is 20.5 Å². The van der Waals surface area contributed by atoms with Gasteiger partial charge in [0.25, 0.3) is 0 Å². The summed E-state index contributed by atoms with van der Waals surface area (Å²) in [6.45, 7) is 6.53. The summed E-state index contributed by atoms with van der Waals surface area (Å²) in [5.41, 5.74) is 5.69. The SMILES string of the molecule is CC(C)Oc1cc(NCC[C@H]2CCCOC2)nc(N)n1. The van der Waals surface area contributed by atoms with E-state index in [1.165, 1.54) is 6.42 Å². The molecule has 0 bridgehead atoms. The number of anilines is 2. The molecular formula is C14H24N4O2. The van der Waals surface area contributed by atoms with Crippen LogP contribution in [-0.2, 0) is 4.74 Å². The third kappa shape index (κ3) is 4.85. The van der Waals surface area contributed by atoms with Gasteiger partial charge in [0.2, 0.25) is 11.8 Å². The minimum absolute atomic E-state index is 0.0662. The van der Waals surface area contributed by atoms with Crippen LogP contribution in [0.4, 0.5) is 11.8 Å². The summed E-state index contributed by atoms with van der Waals surface area (Å²) in [5, 5.41) is 3.28. The molecular weight excluding hydrogens is 256 g/mol. The second-order valence-corrected chi connectivity index (χ2v) is 5.41. The monoisotopic (exact) mass is 280 g/mol. The van der Waals surface area contributed by atoms with E-state index >= 15 is 0 Å². The van der Waals surface area contributed by atoms with Gasteiger partial charge in [0, 0.05) is 25.8 Å². The molecule has 0 radical (unpaired) electrons. The summed E-state index contributed by atoms with van der Waals surface area (Å²) < 4.78 is 11.0. The average Bonchev–Trinajstić information content (AvgIpc) is 2.38. The molecule has 2 rings (SSSR count). The van der Waals surface area contributed by atoms with Crippen LogP contribution in [0.15, 0.2) is 6.07 Å². The average molecular weight is 280 g/mol. The molecule has 1 fully saturated rings. The van der Waals surface area contributed by atoms with Gasteiger partial charge in [0.05, 0.1) is 6.10 Å². The van der Waals surface area contributed by atoms with Crippen molar-refractivity contribution in [1.82, 2.24) is 9.97 Å². The van der Waals surface area contributed by atoms with Crippen LogP contribution in [0.3, 0.4) is 0 Å². The summed E-state index contributed by atoms with van der Waals surface area (Å²) in [6.07, 6.45) is 3.55. The molecule has 1 aromatic heterocycles. The fourth-order valence-corrected chi connectivity index (χ4v) is 2.27. The smallest absolute Gasteiger partial charge is 0.225 e. The quantitative estimate of drug-likeness (QED) is 0.830. The number of ether oxygens (including phenoxy) is 2. The lowest BCUT2D eigenvalue weighted by molar-refractivity contribution is 0.0530. The van der Waals surface area contributed by atoms with Gasteiger partial charge in [-0.05, 0) is 39.0 Å². The molecule has 1 saturated heterocycles.